The molecule has 4 rings (SSSR count). The summed E-state index contributed by atoms with van der Waals surface area (Å²) in [6, 6.07) is 0.341. The van der Waals surface area contributed by atoms with E-state index >= 15 is 0 Å². The molecule has 6 nitrogen and oxygen atoms in total. The van der Waals surface area contributed by atoms with Gasteiger partial charge in [-0.15, -0.1) is 0 Å². The number of nitrogens with zero attached hydrogens (tertiary/aromatic N) is 4. The van der Waals surface area contributed by atoms with Crippen molar-refractivity contribution in [3.63, 3.8) is 0 Å². The van der Waals surface area contributed by atoms with Gasteiger partial charge in [-0.25, -0.2) is 4.98 Å². The largest absolute Gasteiger partial charge is 0.342 e. The summed E-state index contributed by atoms with van der Waals surface area (Å²) < 4.78 is 2.08. The third kappa shape index (κ3) is 2.75. The lowest BCUT2D eigenvalue weighted by Crippen LogP contribution is -2.40. The van der Waals surface area contributed by atoms with Gasteiger partial charge in [0, 0.05) is 51.3 Å². The van der Waals surface area contributed by atoms with Crippen LogP contribution in [-0.4, -0.2) is 57.3 Å². The third-order valence-electron chi connectivity index (χ3n) is 6.28. The Morgan fingerprint density at radius 3 is 2.76 bits per heavy atom. The Bertz CT molecular complexity index is 693. The van der Waals surface area contributed by atoms with Crippen LogP contribution in [0.4, 0.5) is 0 Å². The minimum atomic E-state index is -0.475. The number of carbonyl (C=O) groups is 2. The molecule has 0 N–H and O–H groups in total. The van der Waals surface area contributed by atoms with Crippen molar-refractivity contribution in [1.29, 1.82) is 0 Å². The number of carbonyl (C=O) groups excluding carboxylic acids is 2. The van der Waals surface area contributed by atoms with Crippen molar-refractivity contribution in [3.05, 3.63) is 18.2 Å². The van der Waals surface area contributed by atoms with E-state index in [0.717, 1.165) is 25.2 Å². The van der Waals surface area contributed by atoms with Gasteiger partial charge < -0.3 is 14.4 Å². The molecule has 25 heavy (non-hydrogen) atoms. The lowest BCUT2D eigenvalue weighted by atomic mass is 9.75. The monoisotopic (exact) mass is 344 g/mol. The minimum absolute atomic E-state index is 0.00750. The van der Waals surface area contributed by atoms with Crippen molar-refractivity contribution in [3.8, 4) is 0 Å². The second kappa shape index (κ2) is 5.85. The molecule has 0 aromatic carbocycles. The number of amides is 2. The molecule has 6 heteroatoms. The highest BCUT2D eigenvalue weighted by atomic mass is 16.2. The molecule has 1 saturated carbocycles. The molecule has 0 bridgehead atoms. The van der Waals surface area contributed by atoms with Crippen LogP contribution in [0.1, 0.15) is 57.7 Å². The van der Waals surface area contributed by atoms with Crippen molar-refractivity contribution in [1.82, 2.24) is 19.4 Å². The summed E-state index contributed by atoms with van der Waals surface area (Å²) in [6.45, 7) is 8.71. The first kappa shape index (κ1) is 16.6. The lowest BCUT2D eigenvalue weighted by Gasteiger charge is -2.27. The normalized spacial score (nSPS) is 29.4. The Hall–Kier alpha value is -1.85. The van der Waals surface area contributed by atoms with E-state index in [-0.39, 0.29) is 17.7 Å². The maximum atomic E-state index is 13.3. The zero-order valence-electron chi connectivity index (χ0n) is 15.4. The van der Waals surface area contributed by atoms with Crippen molar-refractivity contribution >= 4 is 11.8 Å². The van der Waals surface area contributed by atoms with Crippen molar-refractivity contribution < 1.29 is 9.59 Å². The van der Waals surface area contributed by atoms with Gasteiger partial charge in [0.2, 0.25) is 11.8 Å². The van der Waals surface area contributed by atoms with Crippen molar-refractivity contribution in [2.75, 3.05) is 26.2 Å². The maximum absolute atomic E-state index is 13.3. The first-order valence-electron chi connectivity index (χ1n) is 9.49. The Labute approximate surface area is 149 Å². The summed E-state index contributed by atoms with van der Waals surface area (Å²) in [5.41, 5.74) is 0.482. The average molecular weight is 344 g/mol. The van der Waals surface area contributed by atoms with Crippen LogP contribution in [0.3, 0.4) is 0 Å². The van der Waals surface area contributed by atoms with Gasteiger partial charge in [0.15, 0.2) is 0 Å². The molecule has 1 spiro atoms. The van der Waals surface area contributed by atoms with Gasteiger partial charge in [-0.1, -0.05) is 0 Å². The Balaban J connectivity index is 1.64. The summed E-state index contributed by atoms with van der Waals surface area (Å²) in [4.78, 5) is 33.9. The summed E-state index contributed by atoms with van der Waals surface area (Å²) in [5, 5.41) is 0. The smallest absolute Gasteiger partial charge is 0.231 e. The second-order valence-electron chi connectivity index (χ2n) is 8.39. The summed E-state index contributed by atoms with van der Waals surface area (Å²) in [5.74, 6) is 1.00. The number of imidazole rings is 1. The molecular weight excluding hydrogens is 316 g/mol. The molecule has 2 amide bonds. The molecule has 0 unspecified atom stereocenters. The molecule has 2 atom stereocenters. The van der Waals surface area contributed by atoms with E-state index in [9.17, 15) is 9.59 Å². The molecule has 0 radical (unpaired) electrons. The van der Waals surface area contributed by atoms with E-state index in [1.54, 1.807) is 6.92 Å². The number of hydrogen-bond donors (Lipinski definition) is 0. The SMILES string of the molecule is CC(=O)N1C[C@@H](c2cn(C(C)C)cn2)[C@]2(CCN(CC3CC3)C2=O)C1. The highest BCUT2D eigenvalue weighted by Crippen LogP contribution is 2.50. The minimum Gasteiger partial charge on any atom is -0.342 e. The first-order chi connectivity index (χ1) is 11.9. The van der Waals surface area contributed by atoms with Crippen LogP contribution in [0.5, 0.6) is 0 Å². The molecular formula is C19H28N4O2. The number of likely N-dealkylation sites (tertiary alicyclic amines) is 2. The van der Waals surface area contributed by atoms with Gasteiger partial charge in [-0.05, 0) is 39.0 Å². The Morgan fingerprint density at radius 1 is 1.40 bits per heavy atom. The molecule has 2 saturated heterocycles. The fourth-order valence-electron chi connectivity index (χ4n) is 4.46. The van der Waals surface area contributed by atoms with Crippen LogP contribution in [0.2, 0.25) is 0 Å². The average Bonchev–Trinajstić information content (AvgIpc) is 2.99. The Kier molecular flexibility index (Phi) is 3.89. The van der Waals surface area contributed by atoms with Crippen molar-refractivity contribution in [2.45, 2.75) is 52.0 Å². The van der Waals surface area contributed by atoms with E-state index < -0.39 is 5.41 Å². The standard InChI is InChI=1S/C19H28N4O2/c1-13(2)23-10-17(20-12-23)16-9-22(14(3)24)11-19(16)6-7-21(18(19)25)8-15-4-5-15/h10,12-13,15-16H,4-9,11H2,1-3H3/t16-,19-/m0/s1. The Morgan fingerprint density at radius 2 is 2.16 bits per heavy atom. The fourth-order valence-corrected chi connectivity index (χ4v) is 4.46. The predicted octanol–water partition coefficient (Wildman–Crippen LogP) is 2.04. The van der Waals surface area contributed by atoms with Gasteiger partial charge in [0.25, 0.3) is 0 Å². The summed E-state index contributed by atoms with van der Waals surface area (Å²) in [6.07, 6.45) is 7.25. The number of rotatable bonds is 4. The zero-order valence-corrected chi connectivity index (χ0v) is 15.4. The summed E-state index contributed by atoms with van der Waals surface area (Å²) in [7, 11) is 0. The van der Waals surface area contributed by atoms with Gasteiger partial charge >= 0.3 is 0 Å². The highest BCUT2D eigenvalue weighted by Gasteiger charge is 2.58. The fraction of sp³-hybridized carbons (Fsp3) is 0.737. The quantitative estimate of drug-likeness (QED) is 0.840. The molecule has 3 fully saturated rings. The number of aromatic nitrogens is 2. The van der Waals surface area contributed by atoms with Crippen LogP contribution < -0.4 is 0 Å². The van der Waals surface area contributed by atoms with Gasteiger partial charge in [0.1, 0.15) is 0 Å². The van der Waals surface area contributed by atoms with E-state index in [1.165, 1.54) is 12.8 Å². The lowest BCUT2D eigenvalue weighted by molar-refractivity contribution is -0.136. The molecule has 3 heterocycles. The van der Waals surface area contributed by atoms with E-state index in [4.69, 9.17) is 0 Å². The molecule has 1 aliphatic carbocycles. The molecule has 1 aromatic heterocycles. The van der Waals surface area contributed by atoms with Gasteiger partial charge in [-0.3, -0.25) is 9.59 Å². The van der Waals surface area contributed by atoms with Crippen molar-refractivity contribution in [2.24, 2.45) is 11.3 Å². The molecule has 3 aliphatic rings. The topological polar surface area (TPSA) is 58.4 Å². The van der Waals surface area contributed by atoms with E-state index in [0.29, 0.717) is 25.0 Å². The summed E-state index contributed by atoms with van der Waals surface area (Å²) >= 11 is 0. The van der Waals surface area contributed by atoms with Gasteiger partial charge in [0.05, 0.1) is 17.4 Å². The zero-order chi connectivity index (χ0) is 17.8. The maximum Gasteiger partial charge on any atom is 0.231 e. The van der Waals surface area contributed by atoms with E-state index in [1.807, 2.05) is 16.1 Å². The molecule has 136 valence electrons. The van der Waals surface area contributed by atoms with E-state index in [2.05, 4.69) is 29.6 Å². The van der Waals surface area contributed by atoms with Crippen LogP contribution >= 0.6 is 0 Å². The first-order valence-corrected chi connectivity index (χ1v) is 9.49. The van der Waals surface area contributed by atoms with Crippen LogP contribution in [0.25, 0.3) is 0 Å². The van der Waals surface area contributed by atoms with Gasteiger partial charge in [-0.2, -0.15) is 0 Å². The van der Waals surface area contributed by atoms with Crippen LogP contribution in [0, 0.1) is 11.3 Å². The highest BCUT2D eigenvalue weighted by molar-refractivity contribution is 5.88. The molecule has 1 aromatic rings. The molecule has 2 aliphatic heterocycles. The van der Waals surface area contributed by atoms with Crippen LogP contribution in [-0.2, 0) is 9.59 Å². The predicted molar refractivity (Wildman–Crippen MR) is 94.0 cm³/mol. The second-order valence-corrected chi connectivity index (χ2v) is 8.39. The number of hydrogen-bond acceptors (Lipinski definition) is 3. The third-order valence-corrected chi connectivity index (χ3v) is 6.28. The van der Waals surface area contributed by atoms with Crippen LogP contribution in [0.15, 0.2) is 12.5 Å².